The topological polar surface area (TPSA) is 99.5 Å². The van der Waals surface area contributed by atoms with Crippen molar-refractivity contribution in [2.24, 2.45) is 7.05 Å². The molecule has 0 fully saturated rings. The van der Waals surface area contributed by atoms with Crippen LogP contribution >= 0.6 is 11.6 Å². The highest BCUT2D eigenvalue weighted by Gasteiger charge is 2.16. The van der Waals surface area contributed by atoms with Crippen LogP contribution in [0.4, 0.5) is 17.3 Å². The fourth-order valence-corrected chi connectivity index (χ4v) is 3.41. The highest BCUT2D eigenvalue weighted by atomic mass is 35.5. The predicted octanol–water partition coefficient (Wildman–Crippen LogP) is 3.97. The van der Waals surface area contributed by atoms with E-state index in [0.717, 1.165) is 39.7 Å². The molecule has 9 heteroatoms. The summed E-state index contributed by atoms with van der Waals surface area (Å²) in [5, 5.41) is 13.0. The van der Waals surface area contributed by atoms with Crippen molar-refractivity contribution in [2.45, 2.75) is 20.8 Å². The van der Waals surface area contributed by atoms with Crippen molar-refractivity contribution in [1.82, 2.24) is 29.5 Å². The van der Waals surface area contributed by atoms with Gasteiger partial charge in [0.15, 0.2) is 11.6 Å². The molecule has 0 amide bonds. The number of anilines is 3. The van der Waals surface area contributed by atoms with Crippen molar-refractivity contribution in [3.05, 3.63) is 58.6 Å². The molecule has 0 radical (unpaired) electrons. The average Bonchev–Trinajstić information content (AvgIpc) is 3.12. The lowest BCUT2D eigenvalue weighted by Gasteiger charge is -2.07. The summed E-state index contributed by atoms with van der Waals surface area (Å²) in [6.07, 6.45) is 1.49. The number of benzene rings is 1. The summed E-state index contributed by atoms with van der Waals surface area (Å²) in [7, 11) is 1.91. The third kappa shape index (κ3) is 3.42. The smallest absolute Gasteiger partial charge is 0.159 e. The second-order valence-corrected chi connectivity index (χ2v) is 7.23. The molecular weight excluding hydrogens is 388 g/mol. The lowest BCUT2D eigenvalue weighted by molar-refractivity contribution is 0.778. The minimum Gasteiger partial charge on any atom is -0.399 e. The number of nitrogens with two attached hydrogens (primary N) is 1. The first-order valence-electron chi connectivity index (χ1n) is 9.06. The van der Waals surface area contributed by atoms with Crippen molar-refractivity contribution in [3.63, 3.8) is 0 Å². The second-order valence-electron chi connectivity index (χ2n) is 6.85. The van der Waals surface area contributed by atoms with E-state index in [2.05, 4.69) is 25.5 Å². The van der Waals surface area contributed by atoms with Gasteiger partial charge in [0.1, 0.15) is 12.1 Å². The summed E-state index contributed by atoms with van der Waals surface area (Å²) in [4.78, 5) is 8.64. The van der Waals surface area contributed by atoms with Crippen LogP contribution in [0, 0.1) is 20.8 Å². The first-order chi connectivity index (χ1) is 13.8. The number of hydrogen-bond acceptors (Lipinski definition) is 6. The number of aromatic nitrogens is 6. The molecule has 4 rings (SSSR count). The Morgan fingerprint density at radius 1 is 1.03 bits per heavy atom. The minimum absolute atomic E-state index is 0.615. The molecule has 4 aromatic rings. The number of nitrogens with one attached hydrogen (secondary N) is 1. The molecule has 3 heterocycles. The SMILES string of the molecule is Cc1nn(-c2cc(Nc3nn(C)c(-c4ccc(N)cc4)c3C)ncn2)c(C)c1Cl. The highest BCUT2D eigenvalue weighted by Crippen LogP contribution is 2.30. The average molecular weight is 409 g/mol. The van der Waals surface area contributed by atoms with E-state index in [1.54, 1.807) is 4.68 Å². The van der Waals surface area contributed by atoms with Gasteiger partial charge >= 0.3 is 0 Å². The number of nitrogen functional groups attached to an aromatic ring is 1. The second kappa shape index (κ2) is 7.21. The lowest BCUT2D eigenvalue weighted by Crippen LogP contribution is -2.04. The van der Waals surface area contributed by atoms with E-state index in [4.69, 9.17) is 17.3 Å². The molecule has 0 aliphatic rings. The van der Waals surface area contributed by atoms with Crippen LogP contribution in [-0.2, 0) is 7.05 Å². The van der Waals surface area contributed by atoms with Gasteiger partial charge in [-0.15, -0.1) is 0 Å². The molecule has 0 saturated heterocycles. The molecule has 29 heavy (non-hydrogen) atoms. The van der Waals surface area contributed by atoms with Crippen molar-refractivity contribution in [1.29, 1.82) is 0 Å². The van der Waals surface area contributed by atoms with E-state index in [-0.39, 0.29) is 0 Å². The van der Waals surface area contributed by atoms with Crippen LogP contribution in [0.2, 0.25) is 5.02 Å². The monoisotopic (exact) mass is 408 g/mol. The largest absolute Gasteiger partial charge is 0.399 e. The quantitative estimate of drug-likeness (QED) is 0.495. The van der Waals surface area contributed by atoms with Gasteiger partial charge in [-0.1, -0.05) is 23.7 Å². The van der Waals surface area contributed by atoms with E-state index in [1.807, 2.05) is 62.8 Å². The summed E-state index contributed by atoms with van der Waals surface area (Å²) < 4.78 is 3.54. The van der Waals surface area contributed by atoms with Crippen LogP contribution in [0.15, 0.2) is 36.7 Å². The first kappa shape index (κ1) is 18.9. The Bertz CT molecular complexity index is 1190. The van der Waals surface area contributed by atoms with Crippen molar-refractivity contribution in [3.8, 4) is 17.1 Å². The van der Waals surface area contributed by atoms with Crippen LogP contribution in [0.1, 0.15) is 17.0 Å². The molecule has 0 atom stereocenters. The molecule has 0 aliphatic carbocycles. The van der Waals surface area contributed by atoms with Gasteiger partial charge in [-0.3, -0.25) is 4.68 Å². The van der Waals surface area contributed by atoms with Gasteiger partial charge < -0.3 is 11.1 Å². The van der Waals surface area contributed by atoms with Gasteiger partial charge in [-0.05, 0) is 32.9 Å². The normalized spacial score (nSPS) is 11.1. The molecule has 8 nitrogen and oxygen atoms in total. The zero-order chi connectivity index (χ0) is 20.7. The standard InChI is InChI=1S/C20H21ClN8/c1-11-19(14-5-7-15(22)8-6-14)28(4)27-20(11)25-16-9-17(24-10-23-16)29-13(3)18(21)12(2)26-29/h5-10H,22H2,1-4H3,(H,23,24,25,27). The van der Waals surface area contributed by atoms with Crippen LogP contribution in [0.5, 0.6) is 0 Å². The minimum atomic E-state index is 0.615. The Hall–Kier alpha value is -3.39. The maximum Gasteiger partial charge on any atom is 0.159 e. The van der Waals surface area contributed by atoms with E-state index in [9.17, 15) is 0 Å². The Morgan fingerprint density at radius 2 is 1.76 bits per heavy atom. The third-order valence-electron chi connectivity index (χ3n) is 4.79. The molecule has 0 spiro atoms. The molecular formula is C20H21ClN8. The van der Waals surface area contributed by atoms with Crippen LogP contribution in [-0.4, -0.2) is 29.5 Å². The van der Waals surface area contributed by atoms with Gasteiger partial charge in [0.2, 0.25) is 0 Å². The summed E-state index contributed by atoms with van der Waals surface area (Å²) in [6, 6.07) is 9.54. The molecule has 0 bridgehead atoms. The molecule has 148 valence electrons. The van der Waals surface area contributed by atoms with Crippen molar-refractivity contribution < 1.29 is 0 Å². The zero-order valence-corrected chi connectivity index (χ0v) is 17.4. The summed E-state index contributed by atoms with van der Waals surface area (Å²) in [5.41, 5.74) is 11.2. The van der Waals surface area contributed by atoms with Gasteiger partial charge in [-0.2, -0.15) is 10.2 Å². The fraction of sp³-hybridized carbons (Fsp3) is 0.200. The number of hydrogen-bond donors (Lipinski definition) is 2. The molecule has 0 aliphatic heterocycles. The lowest BCUT2D eigenvalue weighted by atomic mass is 10.1. The maximum absolute atomic E-state index is 6.26. The fourth-order valence-electron chi connectivity index (χ4n) is 3.29. The summed E-state index contributed by atoms with van der Waals surface area (Å²) in [6.45, 7) is 5.78. The summed E-state index contributed by atoms with van der Waals surface area (Å²) >= 11 is 6.26. The van der Waals surface area contributed by atoms with Gasteiger partial charge in [0, 0.05) is 29.9 Å². The predicted molar refractivity (Wildman–Crippen MR) is 115 cm³/mol. The number of halogens is 1. The Labute approximate surface area is 173 Å². The van der Waals surface area contributed by atoms with Crippen LogP contribution in [0.25, 0.3) is 17.1 Å². The van der Waals surface area contributed by atoms with Gasteiger partial charge in [-0.25, -0.2) is 14.6 Å². The molecule has 3 N–H and O–H groups in total. The third-order valence-corrected chi connectivity index (χ3v) is 5.33. The molecule has 1 aromatic carbocycles. The maximum atomic E-state index is 6.26. The van der Waals surface area contributed by atoms with Crippen molar-refractivity contribution in [2.75, 3.05) is 11.1 Å². The van der Waals surface area contributed by atoms with Crippen LogP contribution in [0.3, 0.4) is 0 Å². The molecule has 0 unspecified atom stereocenters. The van der Waals surface area contributed by atoms with Gasteiger partial charge in [0.05, 0.1) is 22.1 Å². The first-order valence-corrected chi connectivity index (χ1v) is 9.43. The van der Waals surface area contributed by atoms with Crippen molar-refractivity contribution >= 4 is 28.9 Å². The Balaban J connectivity index is 1.68. The number of aryl methyl sites for hydroxylation is 2. The highest BCUT2D eigenvalue weighted by molar-refractivity contribution is 6.31. The molecule has 0 saturated carbocycles. The van der Waals surface area contributed by atoms with E-state index in [0.29, 0.717) is 16.7 Å². The van der Waals surface area contributed by atoms with E-state index < -0.39 is 0 Å². The van der Waals surface area contributed by atoms with Crippen LogP contribution < -0.4 is 11.1 Å². The number of rotatable bonds is 4. The van der Waals surface area contributed by atoms with E-state index >= 15 is 0 Å². The number of nitrogens with zero attached hydrogens (tertiary/aromatic N) is 6. The Kier molecular flexibility index (Phi) is 4.71. The van der Waals surface area contributed by atoms with E-state index in [1.165, 1.54) is 6.33 Å². The Morgan fingerprint density at radius 3 is 2.41 bits per heavy atom. The van der Waals surface area contributed by atoms with Gasteiger partial charge in [0.25, 0.3) is 0 Å². The zero-order valence-electron chi connectivity index (χ0n) is 16.6. The molecule has 3 aromatic heterocycles. The summed E-state index contributed by atoms with van der Waals surface area (Å²) in [5.74, 6) is 1.96.